The molecular formula is C16H32Cl2N2O2. The molecule has 1 heterocycles. The molecule has 4 nitrogen and oxygen atoms in total. The summed E-state index contributed by atoms with van der Waals surface area (Å²) < 4.78 is 0. The van der Waals surface area contributed by atoms with Crippen LogP contribution in [0.3, 0.4) is 0 Å². The Bertz CT molecular complexity index is 330. The fourth-order valence-electron chi connectivity index (χ4n) is 4.07. The Morgan fingerprint density at radius 1 is 1.23 bits per heavy atom. The molecule has 0 aromatic carbocycles. The summed E-state index contributed by atoms with van der Waals surface area (Å²) in [6, 6.07) is 0.305. The van der Waals surface area contributed by atoms with E-state index in [0.29, 0.717) is 17.9 Å². The molecule has 0 radical (unpaired) electrons. The van der Waals surface area contributed by atoms with Crippen molar-refractivity contribution in [1.82, 2.24) is 10.6 Å². The maximum atomic E-state index is 12.1. The van der Waals surface area contributed by atoms with E-state index < -0.39 is 11.5 Å². The molecule has 2 aliphatic rings. The van der Waals surface area contributed by atoms with Crippen LogP contribution in [0, 0.1) is 11.8 Å². The number of halogens is 2. The van der Waals surface area contributed by atoms with E-state index in [9.17, 15) is 9.90 Å². The first kappa shape index (κ1) is 22.0. The molecule has 1 aliphatic heterocycles. The van der Waals surface area contributed by atoms with Gasteiger partial charge in [0.05, 0.1) is 0 Å². The Balaban J connectivity index is 0.00000220. The zero-order chi connectivity index (χ0) is 14.6. The fourth-order valence-corrected chi connectivity index (χ4v) is 4.07. The monoisotopic (exact) mass is 354 g/mol. The third-order valence-corrected chi connectivity index (χ3v) is 4.92. The lowest BCUT2D eigenvalue weighted by Crippen LogP contribution is -2.63. The first-order chi connectivity index (χ1) is 9.54. The highest BCUT2D eigenvalue weighted by Crippen LogP contribution is 2.38. The van der Waals surface area contributed by atoms with Crippen LogP contribution in [0.1, 0.15) is 58.8 Å². The largest absolute Gasteiger partial charge is 0.480 e. The summed E-state index contributed by atoms with van der Waals surface area (Å²) in [5, 5.41) is 16.9. The number of nitrogens with one attached hydrogen (secondary N) is 2. The van der Waals surface area contributed by atoms with Crippen molar-refractivity contribution < 1.29 is 9.90 Å². The van der Waals surface area contributed by atoms with E-state index >= 15 is 0 Å². The molecule has 132 valence electrons. The summed E-state index contributed by atoms with van der Waals surface area (Å²) in [5.41, 5.74) is -0.714. The quantitative estimate of drug-likeness (QED) is 0.685. The van der Waals surface area contributed by atoms with Gasteiger partial charge in [0.25, 0.3) is 0 Å². The Morgan fingerprint density at radius 2 is 1.86 bits per heavy atom. The third kappa shape index (κ3) is 5.26. The van der Waals surface area contributed by atoms with Gasteiger partial charge in [-0.05, 0) is 50.5 Å². The Hall–Kier alpha value is -0.0300. The normalized spacial score (nSPS) is 25.1. The molecule has 0 aromatic heterocycles. The van der Waals surface area contributed by atoms with E-state index in [1.54, 1.807) is 0 Å². The van der Waals surface area contributed by atoms with Crippen LogP contribution in [-0.2, 0) is 4.79 Å². The van der Waals surface area contributed by atoms with E-state index in [2.05, 4.69) is 24.5 Å². The standard InChI is InChI=1S/C16H30N2O2.2ClH/c1-12(2)10-16(15(19)20,13-6-3-4-7-13)18-14-8-5-9-17-11-14;;/h12-14,17-18H,3-11H2,1-2H3,(H,19,20);2*1H/t14?,16-;;/m0../s1. The number of hydrogen-bond donors (Lipinski definition) is 3. The molecule has 1 aliphatic carbocycles. The second kappa shape index (κ2) is 9.96. The van der Waals surface area contributed by atoms with Crippen LogP contribution in [0.2, 0.25) is 0 Å². The lowest BCUT2D eigenvalue weighted by Gasteiger charge is -2.41. The summed E-state index contributed by atoms with van der Waals surface area (Å²) in [4.78, 5) is 12.1. The van der Waals surface area contributed by atoms with Gasteiger partial charge in [-0.25, -0.2) is 0 Å². The maximum absolute atomic E-state index is 12.1. The third-order valence-electron chi connectivity index (χ3n) is 4.92. The van der Waals surface area contributed by atoms with Crippen LogP contribution in [0.15, 0.2) is 0 Å². The van der Waals surface area contributed by atoms with Gasteiger partial charge in [0.1, 0.15) is 5.54 Å². The van der Waals surface area contributed by atoms with Crippen molar-refractivity contribution in [3.8, 4) is 0 Å². The number of carboxylic acids is 1. The smallest absolute Gasteiger partial charge is 0.324 e. The SMILES string of the molecule is CC(C)C[C@@](NC1CCCNC1)(C(=O)O)C1CCCC1.Cl.Cl. The summed E-state index contributed by atoms with van der Waals surface area (Å²) in [5.74, 6) is 0.0590. The maximum Gasteiger partial charge on any atom is 0.324 e. The molecule has 0 aromatic rings. The highest BCUT2D eigenvalue weighted by Gasteiger charge is 2.47. The Kier molecular flexibility index (Phi) is 9.95. The van der Waals surface area contributed by atoms with Gasteiger partial charge in [-0.2, -0.15) is 0 Å². The predicted molar refractivity (Wildman–Crippen MR) is 95.3 cm³/mol. The molecule has 2 rings (SSSR count). The van der Waals surface area contributed by atoms with Crippen LogP contribution >= 0.6 is 24.8 Å². The molecule has 1 saturated heterocycles. The lowest BCUT2D eigenvalue weighted by atomic mass is 9.75. The molecule has 0 bridgehead atoms. The minimum absolute atomic E-state index is 0. The first-order valence-electron chi connectivity index (χ1n) is 8.26. The number of carboxylic acid groups (broad SMARTS) is 1. The van der Waals surface area contributed by atoms with Crippen LogP contribution < -0.4 is 10.6 Å². The number of piperidine rings is 1. The summed E-state index contributed by atoms with van der Waals surface area (Å²) in [7, 11) is 0. The van der Waals surface area contributed by atoms with Gasteiger partial charge in [0.15, 0.2) is 0 Å². The van der Waals surface area contributed by atoms with Gasteiger partial charge in [-0.3, -0.25) is 10.1 Å². The number of rotatable bonds is 6. The van der Waals surface area contributed by atoms with Crippen molar-refractivity contribution in [2.24, 2.45) is 11.8 Å². The fraction of sp³-hybridized carbons (Fsp3) is 0.938. The van der Waals surface area contributed by atoms with Gasteiger partial charge in [-0.1, -0.05) is 26.7 Å². The molecule has 22 heavy (non-hydrogen) atoms. The van der Waals surface area contributed by atoms with Crippen molar-refractivity contribution >= 4 is 30.8 Å². The zero-order valence-electron chi connectivity index (χ0n) is 13.8. The second-order valence-electron chi connectivity index (χ2n) is 7.04. The Labute approximate surface area is 147 Å². The minimum Gasteiger partial charge on any atom is -0.480 e. The molecule has 1 saturated carbocycles. The van der Waals surface area contributed by atoms with Gasteiger partial charge in [0.2, 0.25) is 0 Å². The van der Waals surface area contributed by atoms with E-state index in [1.165, 1.54) is 12.8 Å². The van der Waals surface area contributed by atoms with Crippen LogP contribution in [0.25, 0.3) is 0 Å². The number of carbonyl (C=O) groups is 1. The van der Waals surface area contributed by atoms with Crippen LogP contribution in [0.4, 0.5) is 0 Å². The van der Waals surface area contributed by atoms with Crippen LogP contribution in [-0.4, -0.2) is 35.7 Å². The highest BCUT2D eigenvalue weighted by molar-refractivity contribution is 5.85. The molecule has 0 spiro atoms. The van der Waals surface area contributed by atoms with Crippen LogP contribution in [0.5, 0.6) is 0 Å². The van der Waals surface area contributed by atoms with Crippen molar-refractivity contribution in [2.45, 2.75) is 70.4 Å². The van der Waals surface area contributed by atoms with Crippen molar-refractivity contribution in [2.75, 3.05) is 13.1 Å². The molecule has 3 N–H and O–H groups in total. The van der Waals surface area contributed by atoms with E-state index in [4.69, 9.17) is 0 Å². The average Bonchev–Trinajstić information content (AvgIpc) is 2.92. The van der Waals surface area contributed by atoms with E-state index in [1.807, 2.05) is 0 Å². The number of aliphatic carboxylic acids is 1. The molecule has 2 fully saturated rings. The number of hydrogen-bond acceptors (Lipinski definition) is 3. The topological polar surface area (TPSA) is 61.4 Å². The predicted octanol–water partition coefficient (Wildman–Crippen LogP) is 3.23. The summed E-state index contributed by atoms with van der Waals surface area (Å²) in [6.45, 7) is 6.23. The van der Waals surface area contributed by atoms with Gasteiger partial charge < -0.3 is 10.4 Å². The van der Waals surface area contributed by atoms with Crippen molar-refractivity contribution in [3.63, 3.8) is 0 Å². The van der Waals surface area contributed by atoms with E-state index in [0.717, 1.165) is 45.2 Å². The molecule has 2 atom stereocenters. The minimum atomic E-state index is -0.714. The molecule has 6 heteroatoms. The average molecular weight is 355 g/mol. The van der Waals surface area contributed by atoms with Gasteiger partial charge in [0, 0.05) is 12.6 Å². The van der Waals surface area contributed by atoms with Gasteiger partial charge in [-0.15, -0.1) is 24.8 Å². The summed E-state index contributed by atoms with van der Waals surface area (Å²) >= 11 is 0. The van der Waals surface area contributed by atoms with Gasteiger partial charge >= 0.3 is 5.97 Å². The van der Waals surface area contributed by atoms with E-state index in [-0.39, 0.29) is 24.8 Å². The lowest BCUT2D eigenvalue weighted by molar-refractivity contribution is -0.149. The Morgan fingerprint density at radius 3 is 2.32 bits per heavy atom. The zero-order valence-corrected chi connectivity index (χ0v) is 15.4. The molecule has 1 unspecified atom stereocenters. The molecular weight excluding hydrogens is 323 g/mol. The first-order valence-corrected chi connectivity index (χ1v) is 8.26. The summed E-state index contributed by atoms with van der Waals surface area (Å²) in [6.07, 6.45) is 7.46. The second-order valence-corrected chi connectivity index (χ2v) is 7.04. The van der Waals surface area contributed by atoms with Crippen molar-refractivity contribution in [3.05, 3.63) is 0 Å². The van der Waals surface area contributed by atoms with Crippen molar-refractivity contribution in [1.29, 1.82) is 0 Å². The molecule has 0 amide bonds. The highest BCUT2D eigenvalue weighted by atomic mass is 35.5.